The molecule has 5 rings (SSSR count). The molecule has 26 heavy (non-hydrogen) atoms. The summed E-state index contributed by atoms with van der Waals surface area (Å²) in [6.07, 6.45) is 0. The molecule has 0 aliphatic rings. The van der Waals surface area contributed by atoms with Gasteiger partial charge in [-0.15, -0.1) is 0 Å². The predicted octanol–water partition coefficient (Wildman–Crippen LogP) is 6.36. The van der Waals surface area contributed by atoms with Crippen molar-refractivity contribution in [2.45, 2.75) is 0 Å². The van der Waals surface area contributed by atoms with Crippen molar-refractivity contribution in [2.75, 3.05) is 0 Å². The zero-order valence-corrected chi connectivity index (χ0v) is 14.4. The Morgan fingerprint density at radius 1 is 0.731 bits per heavy atom. The van der Waals surface area contributed by atoms with Gasteiger partial charge in [0.05, 0.1) is 16.6 Å². The van der Waals surface area contributed by atoms with Crippen LogP contribution >= 0.6 is 11.6 Å². The molecule has 0 radical (unpaired) electrons. The number of nitrogens with zero attached hydrogens (tertiary/aromatic N) is 2. The Morgan fingerprint density at radius 2 is 1.42 bits per heavy atom. The smallest absolute Gasteiger partial charge is 0.223 e. The van der Waals surface area contributed by atoms with Crippen LogP contribution in [0.2, 0.25) is 5.28 Å². The van der Waals surface area contributed by atoms with Crippen LogP contribution in [0.5, 0.6) is 0 Å². The van der Waals surface area contributed by atoms with Crippen LogP contribution in [-0.4, -0.2) is 9.97 Å². The van der Waals surface area contributed by atoms with E-state index in [1.165, 1.54) is 0 Å². The topological polar surface area (TPSA) is 38.9 Å². The Labute approximate surface area is 154 Å². The zero-order valence-electron chi connectivity index (χ0n) is 13.7. The zero-order chi connectivity index (χ0) is 17.5. The monoisotopic (exact) mass is 356 g/mol. The molecule has 2 heterocycles. The van der Waals surface area contributed by atoms with Gasteiger partial charge >= 0.3 is 0 Å². The molecule has 124 valence electrons. The van der Waals surface area contributed by atoms with E-state index in [0.29, 0.717) is 0 Å². The maximum Gasteiger partial charge on any atom is 0.223 e. The maximum absolute atomic E-state index is 6.25. The van der Waals surface area contributed by atoms with E-state index in [-0.39, 0.29) is 5.28 Å². The van der Waals surface area contributed by atoms with Crippen molar-refractivity contribution in [2.24, 2.45) is 0 Å². The van der Waals surface area contributed by atoms with E-state index in [2.05, 4.69) is 9.97 Å². The van der Waals surface area contributed by atoms with Crippen molar-refractivity contribution in [3.63, 3.8) is 0 Å². The van der Waals surface area contributed by atoms with Gasteiger partial charge in [-0.3, -0.25) is 0 Å². The second-order valence-electron chi connectivity index (χ2n) is 6.06. The molecule has 0 bridgehead atoms. The lowest BCUT2D eigenvalue weighted by atomic mass is 10.0. The fourth-order valence-electron chi connectivity index (χ4n) is 3.24. The van der Waals surface area contributed by atoms with E-state index in [0.717, 1.165) is 44.5 Å². The van der Waals surface area contributed by atoms with E-state index in [9.17, 15) is 0 Å². The van der Waals surface area contributed by atoms with Gasteiger partial charge in [0, 0.05) is 16.5 Å². The number of rotatable bonds is 2. The molecule has 0 saturated carbocycles. The number of benzene rings is 3. The van der Waals surface area contributed by atoms with Crippen LogP contribution in [0, 0.1) is 0 Å². The molecule has 5 aromatic rings. The largest absolute Gasteiger partial charge is 0.455 e. The molecule has 3 nitrogen and oxygen atoms in total. The summed E-state index contributed by atoms with van der Waals surface area (Å²) in [7, 11) is 0. The molecule has 0 amide bonds. The molecule has 0 spiro atoms. The highest BCUT2D eigenvalue weighted by molar-refractivity contribution is 6.29. The molecule has 0 atom stereocenters. The minimum atomic E-state index is 0.227. The number of aromatic nitrogens is 2. The summed E-state index contributed by atoms with van der Waals surface area (Å²) in [5, 5.41) is 2.12. The summed E-state index contributed by atoms with van der Waals surface area (Å²) < 4.78 is 6.25. The first-order valence-electron chi connectivity index (χ1n) is 8.30. The van der Waals surface area contributed by atoms with Crippen molar-refractivity contribution >= 4 is 33.5 Å². The number of furan rings is 1. The first-order valence-corrected chi connectivity index (χ1v) is 8.68. The summed E-state index contributed by atoms with van der Waals surface area (Å²) in [5.74, 6) is 0.821. The van der Waals surface area contributed by atoms with Gasteiger partial charge in [-0.05, 0) is 29.8 Å². The van der Waals surface area contributed by atoms with Crippen molar-refractivity contribution in [1.82, 2.24) is 9.97 Å². The van der Waals surface area contributed by atoms with E-state index in [4.69, 9.17) is 16.0 Å². The third-order valence-electron chi connectivity index (χ3n) is 4.42. The molecule has 0 saturated heterocycles. The first kappa shape index (κ1) is 15.1. The van der Waals surface area contributed by atoms with Crippen LogP contribution in [0.3, 0.4) is 0 Å². The molecule has 3 aromatic carbocycles. The number of fused-ring (bicyclic) bond motifs is 3. The van der Waals surface area contributed by atoms with Crippen LogP contribution in [0.25, 0.3) is 44.5 Å². The molecule has 0 aliphatic carbocycles. The molecule has 4 heteroatoms. The number of hydrogen-bond donors (Lipinski definition) is 0. The van der Waals surface area contributed by atoms with Crippen LogP contribution in [0.4, 0.5) is 0 Å². The average Bonchev–Trinajstić information content (AvgIpc) is 3.13. The van der Waals surface area contributed by atoms with E-state index in [1.54, 1.807) is 0 Å². The number of halogens is 1. The molecule has 0 fully saturated rings. The Hall–Kier alpha value is -3.17. The van der Waals surface area contributed by atoms with Crippen LogP contribution in [0.15, 0.2) is 83.3 Å². The maximum atomic E-state index is 6.25. The Bertz CT molecular complexity index is 1230. The number of hydrogen-bond acceptors (Lipinski definition) is 3. The van der Waals surface area contributed by atoms with Gasteiger partial charge in [0.2, 0.25) is 5.28 Å². The minimum absolute atomic E-state index is 0.227. The van der Waals surface area contributed by atoms with E-state index >= 15 is 0 Å². The summed E-state index contributed by atoms with van der Waals surface area (Å²) in [5.41, 5.74) is 4.34. The van der Waals surface area contributed by atoms with Crippen LogP contribution < -0.4 is 0 Å². The standard InChI is InChI=1S/C22H13ClN2O/c23-22-24-17-12-11-16-13-18(14-7-3-1-4-8-14)26-21(16)19(17)20(25-22)15-9-5-2-6-10-15/h1-13H. The minimum Gasteiger partial charge on any atom is -0.455 e. The lowest BCUT2D eigenvalue weighted by Crippen LogP contribution is -1.91. The lowest BCUT2D eigenvalue weighted by Gasteiger charge is -2.07. The average molecular weight is 357 g/mol. The van der Waals surface area contributed by atoms with Crippen LogP contribution in [0.1, 0.15) is 0 Å². The molecular weight excluding hydrogens is 344 g/mol. The second kappa shape index (κ2) is 5.97. The quantitative estimate of drug-likeness (QED) is 0.345. The fraction of sp³-hybridized carbons (Fsp3) is 0. The van der Waals surface area contributed by atoms with E-state index < -0.39 is 0 Å². The summed E-state index contributed by atoms with van der Waals surface area (Å²) in [6, 6.07) is 26.0. The molecule has 0 aliphatic heterocycles. The van der Waals surface area contributed by atoms with Gasteiger partial charge in [-0.1, -0.05) is 60.7 Å². The summed E-state index contributed by atoms with van der Waals surface area (Å²) >= 11 is 6.17. The van der Waals surface area contributed by atoms with Gasteiger partial charge in [-0.25, -0.2) is 9.97 Å². The van der Waals surface area contributed by atoms with Crippen molar-refractivity contribution in [1.29, 1.82) is 0 Å². The third-order valence-corrected chi connectivity index (χ3v) is 4.59. The fourth-order valence-corrected chi connectivity index (χ4v) is 3.41. The highest BCUT2D eigenvalue weighted by atomic mass is 35.5. The van der Waals surface area contributed by atoms with Crippen molar-refractivity contribution in [3.05, 3.63) is 84.1 Å². The van der Waals surface area contributed by atoms with E-state index in [1.807, 2.05) is 78.9 Å². The van der Waals surface area contributed by atoms with Crippen molar-refractivity contribution < 1.29 is 4.42 Å². The van der Waals surface area contributed by atoms with Crippen molar-refractivity contribution in [3.8, 4) is 22.6 Å². The molecule has 2 aromatic heterocycles. The second-order valence-corrected chi connectivity index (χ2v) is 6.40. The molecule has 0 N–H and O–H groups in total. The van der Waals surface area contributed by atoms with Gasteiger partial charge < -0.3 is 4.42 Å². The highest BCUT2D eigenvalue weighted by Gasteiger charge is 2.16. The van der Waals surface area contributed by atoms with Gasteiger partial charge in [0.25, 0.3) is 0 Å². The lowest BCUT2D eigenvalue weighted by molar-refractivity contribution is 0.635. The van der Waals surface area contributed by atoms with Gasteiger partial charge in [0.1, 0.15) is 11.3 Å². The molecule has 0 unspecified atom stereocenters. The third kappa shape index (κ3) is 2.45. The van der Waals surface area contributed by atoms with Crippen LogP contribution in [-0.2, 0) is 0 Å². The summed E-state index contributed by atoms with van der Waals surface area (Å²) in [4.78, 5) is 8.89. The SMILES string of the molecule is Clc1nc(-c2ccccc2)c2c(ccc3cc(-c4ccccc4)oc32)n1. The van der Waals surface area contributed by atoms with Gasteiger partial charge in [0.15, 0.2) is 0 Å². The highest BCUT2D eigenvalue weighted by Crippen LogP contribution is 2.37. The Kier molecular flexibility index (Phi) is 3.47. The predicted molar refractivity (Wildman–Crippen MR) is 105 cm³/mol. The Morgan fingerprint density at radius 3 is 2.15 bits per heavy atom. The van der Waals surface area contributed by atoms with Gasteiger partial charge in [-0.2, -0.15) is 0 Å². The normalized spacial score (nSPS) is 11.3. The Balaban J connectivity index is 1.86. The molecular formula is C22H13ClN2O. The first-order chi connectivity index (χ1) is 12.8. The summed E-state index contributed by atoms with van der Waals surface area (Å²) in [6.45, 7) is 0.